The number of fused-ring (bicyclic) bond motifs is 2. The minimum absolute atomic E-state index is 0. The Labute approximate surface area is 246 Å². The SMILES string of the molecule is CN1CCC(c2ccc(-c3cc4ccn(C(C(=O)Nc5nccs5)c5ncn6c5CCC6)c(=O)c4s3)cc2)CC1.F.[HH]. The Balaban J connectivity index is 0.00000176. The molecule has 1 aromatic carbocycles. The molecule has 1 unspecified atom stereocenters. The van der Waals surface area contributed by atoms with Crippen LogP contribution in [0.3, 0.4) is 0 Å². The van der Waals surface area contributed by atoms with Crippen molar-refractivity contribution in [3.63, 3.8) is 0 Å². The molecule has 0 aliphatic carbocycles. The number of hydrogen-bond donors (Lipinski definition) is 1. The Morgan fingerprint density at radius 3 is 2.68 bits per heavy atom. The van der Waals surface area contributed by atoms with Crippen LogP contribution in [0.25, 0.3) is 20.5 Å². The number of anilines is 1. The number of pyridine rings is 1. The molecule has 6 heterocycles. The van der Waals surface area contributed by atoms with Crippen molar-refractivity contribution in [1.82, 2.24) is 24.0 Å². The zero-order chi connectivity index (χ0) is 27.2. The van der Waals surface area contributed by atoms with Crippen LogP contribution in [0.2, 0.25) is 0 Å². The van der Waals surface area contributed by atoms with Crippen LogP contribution in [0.1, 0.15) is 49.6 Å². The number of carbonyl (C=O) groups excluding carboxylic acids is 1. The minimum Gasteiger partial charge on any atom is -0.334 e. The van der Waals surface area contributed by atoms with Crippen molar-refractivity contribution >= 4 is 43.8 Å². The van der Waals surface area contributed by atoms with E-state index >= 15 is 0 Å². The topological polar surface area (TPSA) is 85.1 Å². The lowest BCUT2D eigenvalue weighted by molar-refractivity contribution is -0.118. The Hall–Kier alpha value is -3.67. The van der Waals surface area contributed by atoms with Gasteiger partial charge in [-0.3, -0.25) is 24.2 Å². The normalized spacial score (nSPS) is 16.4. The summed E-state index contributed by atoms with van der Waals surface area (Å²) in [5.41, 5.74) is 3.96. The molecule has 7 rings (SSSR count). The molecular weight excluding hydrogens is 560 g/mol. The van der Waals surface area contributed by atoms with Crippen LogP contribution in [0, 0.1) is 0 Å². The first kappa shape index (κ1) is 27.5. The van der Waals surface area contributed by atoms with Gasteiger partial charge in [-0.15, -0.1) is 22.7 Å². The first-order valence-corrected chi connectivity index (χ1v) is 15.4. The van der Waals surface area contributed by atoms with Crippen molar-refractivity contribution in [1.29, 1.82) is 0 Å². The monoisotopic (exact) mass is 592 g/mol. The Morgan fingerprint density at radius 2 is 1.93 bits per heavy atom. The minimum atomic E-state index is -0.880. The van der Waals surface area contributed by atoms with Crippen molar-refractivity contribution in [3.8, 4) is 10.4 Å². The number of thiophene rings is 1. The number of rotatable bonds is 6. The fourth-order valence-corrected chi connectivity index (χ4v) is 7.65. The Morgan fingerprint density at radius 1 is 1.12 bits per heavy atom. The summed E-state index contributed by atoms with van der Waals surface area (Å²) in [5, 5.41) is 6.10. The molecule has 8 nitrogen and oxygen atoms in total. The van der Waals surface area contributed by atoms with Crippen LogP contribution >= 0.6 is 22.7 Å². The summed E-state index contributed by atoms with van der Waals surface area (Å²) in [5.74, 6) is 0.294. The van der Waals surface area contributed by atoms with Crippen LogP contribution in [0.4, 0.5) is 9.84 Å². The van der Waals surface area contributed by atoms with Crippen molar-refractivity contribution in [2.45, 2.75) is 44.2 Å². The third-order valence-corrected chi connectivity index (χ3v) is 10.1. The first-order valence-electron chi connectivity index (χ1n) is 13.7. The molecule has 2 aliphatic heterocycles. The Kier molecular flexibility index (Phi) is 7.58. The first-order chi connectivity index (χ1) is 19.5. The van der Waals surface area contributed by atoms with Crippen LogP contribution in [-0.4, -0.2) is 50.0 Å². The maximum atomic E-state index is 13.9. The fraction of sp³-hybridized carbons (Fsp3) is 0.333. The number of amides is 1. The van der Waals surface area contributed by atoms with E-state index in [1.165, 1.54) is 45.6 Å². The fourth-order valence-electron chi connectivity index (χ4n) is 6.02. The zero-order valence-electron chi connectivity index (χ0n) is 22.7. The summed E-state index contributed by atoms with van der Waals surface area (Å²) in [6.07, 6.45) is 9.38. The van der Waals surface area contributed by atoms with E-state index in [-0.39, 0.29) is 17.6 Å². The number of thiazole rings is 1. The highest BCUT2D eigenvalue weighted by atomic mass is 32.1. The molecule has 1 fully saturated rings. The lowest BCUT2D eigenvalue weighted by Crippen LogP contribution is -2.34. The third kappa shape index (κ3) is 5.13. The summed E-state index contributed by atoms with van der Waals surface area (Å²) in [7, 11) is 2.19. The molecule has 2 aliphatic rings. The summed E-state index contributed by atoms with van der Waals surface area (Å²) < 4.78 is 4.26. The highest BCUT2D eigenvalue weighted by molar-refractivity contribution is 7.22. The van der Waals surface area contributed by atoms with Gasteiger partial charge in [0, 0.05) is 41.7 Å². The van der Waals surface area contributed by atoms with Gasteiger partial charge in [-0.1, -0.05) is 24.3 Å². The number of hydrogen-bond acceptors (Lipinski definition) is 7. The summed E-state index contributed by atoms with van der Waals surface area (Å²) in [4.78, 5) is 39.9. The number of benzene rings is 1. The number of nitrogens with one attached hydrogen (secondary N) is 1. The van der Waals surface area contributed by atoms with Crippen molar-refractivity contribution < 1.29 is 10.9 Å². The molecule has 5 aromatic rings. The van der Waals surface area contributed by atoms with Crippen molar-refractivity contribution in [2.75, 3.05) is 25.5 Å². The number of aromatic nitrogens is 4. The van der Waals surface area contributed by atoms with Crippen LogP contribution in [0.5, 0.6) is 0 Å². The number of nitrogens with zero attached hydrogens (tertiary/aromatic N) is 5. The average molecular weight is 593 g/mol. The highest BCUT2D eigenvalue weighted by Crippen LogP contribution is 2.35. The maximum Gasteiger partial charge on any atom is 0.269 e. The van der Waals surface area contributed by atoms with Gasteiger partial charge < -0.3 is 9.47 Å². The van der Waals surface area contributed by atoms with Crippen LogP contribution in [-0.2, 0) is 17.8 Å². The number of carbonyl (C=O) groups is 1. The van der Waals surface area contributed by atoms with Gasteiger partial charge in [-0.05, 0) is 75.0 Å². The number of likely N-dealkylation sites (tertiary alicyclic amines) is 1. The lowest BCUT2D eigenvalue weighted by atomic mass is 9.89. The molecule has 1 atom stereocenters. The summed E-state index contributed by atoms with van der Waals surface area (Å²) in [6.45, 7) is 3.15. The summed E-state index contributed by atoms with van der Waals surface area (Å²) in [6, 6.07) is 12.0. The molecule has 1 amide bonds. The van der Waals surface area contributed by atoms with Gasteiger partial charge in [0.1, 0.15) is 4.70 Å². The molecule has 41 heavy (non-hydrogen) atoms. The zero-order valence-corrected chi connectivity index (χ0v) is 24.3. The number of imidazole rings is 1. The lowest BCUT2D eigenvalue weighted by Gasteiger charge is -2.29. The van der Waals surface area contributed by atoms with Gasteiger partial charge in [0.2, 0.25) is 0 Å². The second-order valence-corrected chi connectivity index (χ2v) is 12.7. The van der Waals surface area contributed by atoms with Gasteiger partial charge >= 0.3 is 0 Å². The molecule has 4 aromatic heterocycles. The van der Waals surface area contributed by atoms with E-state index in [2.05, 4.69) is 62.1 Å². The van der Waals surface area contributed by atoms with Crippen LogP contribution < -0.4 is 10.9 Å². The highest BCUT2D eigenvalue weighted by Gasteiger charge is 2.32. The molecule has 0 bridgehead atoms. The van der Waals surface area contributed by atoms with E-state index in [1.54, 1.807) is 18.7 Å². The summed E-state index contributed by atoms with van der Waals surface area (Å²) >= 11 is 2.83. The number of halogens is 1. The smallest absolute Gasteiger partial charge is 0.269 e. The molecule has 1 saturated heterocycles. The van der Waals surface area contributed by atoms with E-state index in [0.29, 0.717) is 21.4 Å². The van der Waals surface area contributed by atoms with Gasteiger partial charge in [0.25, 0.3) is 11.5 Å². The molecule has 1 N–H and O–H groups in total. The van der Waals surface area contributed by atoms with Gasteiger partial charge in [0.05, 0.1) is 12.0 Å². The van der Waals surface area contributed by atoms with Crippen LogP contribution in [0.15, 0.2) is 65.3 Å². The maximum absolute atomic E-state index is 13.9. The largest absolute Gasteiger partial charge is 0.334 e. The molecule has 11 heteroatoms. The molecular formula is C30H33FN6O2S2. The van der Waals surface area contributed by atoms with E-state index < -0.39 is 6.04 Å². The van der Waals surface area contributed by atoms with Gasteiger partial charge in [0.15, 0.2) is 11.2 Å². The van der Waals surface area contributed by atoms with Crippen molar-refractivity contribution in [3.05, 3.63) is 87.8 Å². The molecule has 214 valence electrons. The predicted molar refractivity (Wildman–Crippen MR) is 165 cm³/mol. The van der Waals surface area contributed by atoms with Crippen molar-refractivity contribution in [2.24, 2.45) is 0 Å². The number of aryl methyl sites for hydroxylation is 1. The van der Waals surface area contributed by atoms with E-state index in [9.17, 15) is 9.59 Å². The molecule has 0 radical (unpaired) electrons. The Bertz CT molecular complexity index is 1740. The quantitative estimate of drug-likeness (QED) is 0.271. The van der Waals surface area contributed by atoms with Gasteiger partial charge in [-0.2, -0.15) is 0 Å². The second-order valence-electron chi connectivity index (χ2n) is 10.7. The van der Waals surface area contributed by atoms with E-state index in [0.717, 1.165) is 54.0 Å². The number of piperidine rings is 1. The average Bonchev–Trinajstić information content (AvgIpc) is 3.77. The third-order valence-electron chi connectivity index (χ3n) is 8.23. The molecule has 0 saturated carbocycles. The second kappa shape index (κ2) is 11.3. The predicted octanol–water partition coefficient (Wildman–Crippen LogP) is 5.77. The standard InChI is InChI=1S/C30H30N6O2S2.FH.H2/c1-34-13-8-20(9-14-34)19-4-6-21(7-5-19)24-17-22-10-15-36(29(38)27(22)40-24)26(28(37)33-30-31-11-16-39-30)25-23-3-2-12-35(23)18-32-25;;/h4-7,10-11,15-18,20,26H,2-3,8-9,12-14H2,1H3,(H,31,33,37);2*1H. The van der Waals surface area contributed by atoms with E-state index in [4.69, 9.17) is 0 Å². The molecule has 0 spiro atoms. The van der Waals surface area contributed by atoms with E-state index in [1.807, 2.05) is 11.4 Å². The van der Waals surface area contributed by atoms with Gasteiger partial charge in [-0.25, -0.2) is 9.97 Å².